The highest BCUT2D eigenvalue weighted by Gasteiger charge is 2.47. The summed E-state index contributed by atoms with van der Waals surface area (Å²) in [4.78, 5) is 28.0. The second-order valence-electron chi connectivity index (χ2n) is 8.53. The maximum absolute atomic E-state index is 14.2. The monoisotopic (exact) mass is 505 g/mol. The van der Waals surface area contributed by atoms with Gasteiger partial charge in [0, 0.05) is 17.7 Å². The Balaban J connectivity index is 1.76. The fourth-order valence-corrected chi connectivity index (χ4v) is 4.79. The minimum absolute atomic E-state index is 0.151. The molecule has 1 amide bonds. The Morgan fingerprint density at radius 2 is 1.73 bits per heavy atom. The van der Waals surface area contributed by atoms with Crippen molar-refractivity contribution in [1.29, 1.82) is 0 Å². The molecule has 1 atom stereocenters. The summed E-state index contributed by atoms with van der Waals surface area (Å²) < 4.78 is 36.1. The number of aliphatic hydroxyl groups excluding tert-OH is 1. The number of ether oxygens (including phenoxy) is 4. The molecule has 37 heavy (non-hydrogen) atoms. The maximum atomic E-state index is 14.2. The second-order valence-corrected chi connectivity index (χ2v) is 8.53. The van der Waals surface area contributed by atoms with E-state index >= 15 is 0 Å². The van der Waals surface area contributed by atoms with Crippen LogP contribution in [0.25, 0.3) is 5.76 Å². The van der Waals surface area contributed by atoms with Crippen molar-refractivity contribution in [2.45, 2.75) is 12.5 Å². The maximum Gasteiger partial charge on any atom is 0.300 e. The molecule has 2 heterocycles. The lowest BCUT2D eigenvalue weighted by molar-refractivity contribution is -0.132. The Hall–Kier alpha value is -4.53. The molecule has 2 aliphatic rings. The number of ketones is 1. The summed E-state index contributed by atoms with van der Waals surface area (Å²) in [5.74, 6) is -1.15. The lowest BCUT2D eigenvalue weighted by Crippen LogP contribution is -2.29. The molecule has 2 aliphatic heterocycles. The number of amides is 1. The highest BCUT2D eigenvalue weighted by molar-refractivity contribution is 6.51. The standard InChI is InChI=1S/C28H24FNO7/c1-34-21-12-17(13-22(35-2)27(21)36-3)24-23(25(31)16-7-8-20-15(11-16)9-10-37-20)26(32)28(33)30(24)19-6-4-5-18(29)14-19/h4-8,11-14,24,31H,9-10H2,1-3H3/b25-23+. The number of fused-ring (bicyclic) bond motifs is 1. The molecule has 0 aliphatic carbocycles. The van der Waals surface area contributed by atoms with Gasteiger partial charge in [-0.3, -0.25) is 14.5 Å². The zero-order valence-corrected chi connectivity index (χ0v) is 20.4. The lowest BCUT2D eigenvalue weighted by Gasteiger charge is -2.26. The van der Waals surface area contributed by atoms with Crippen LogP contribution in [0.2, 0.25) is 0 Å². The van der Waals surface area contributed by atoms with E-state index in [-0.39, 0.29) is 28.5 Å². The van der Waals surface area contributed by atoms with Crippen LogP contribution in [0.5, 0.6) is 23.0 Å². The molecule has 190 valence electrons. The van der Waals surface area contributed by atoms with Crippen LogP contribution in [0, 0.1) is 5.82 Å². The van der Waals surface area contributed by atoms with E-state index in [0.29, 0.717) is 35.7 Å². The number of Topliss-reactive ketones (excluding diaryl/α,β-unsaturated/α-hetero) is 1. The number of benzene rings is 3. The average molecular weight is 505 g/mol. The van der Waals surface area contributed by atoms with Gasteiger partial charge in [0.15, 0.2) is 11.5 Å². The molecule has 1 N–H and O–H groups in total. The molecule has 8 nitrogen and oxygen atoms in total. The fraction of sp³-hybridized carbons (Fsp3) is 0.214. The van der Waals surface area contributed by atoms with Gasteiger partial charge in [-0.05, 0) is 59.7 Å². The van der Waals surface area contributed by atoms with Gasteiger partial charge < -0.3 is 24.1 Å². The van der Waals surface area contributed by atoms with Gasteiger partial charge in [0.25, 0.3) is 11.7 Å². The molecule has 0 bridgehead atoms. The van der Waals surface area contributed by atoms with E-state index in [1.54, 1.807) is 30.3 Å². The van der Waals surface area contributed by atoms with Crippen LogP contribution in [-0.2, 0) is 16.0 Å². The first kappa shape index (κ1) is 24.2. The third kappa shape index (κ3) is 4.02. The molecule has 0 aromatic heterocycles. The number of nitrogens with zero attached hydrogens (tertiary/aromatic N) is 1. The van der Waals surface area contributed by atoms with Gasteiger partial charge in [-0.25, -0.2) is 4.39 Å². The molecule has 0 spiro atoms. The Kier molecular flexibility index (Phi) is 6.20. The number of anilines is 1. The van der Waals surface area contributed by atoms with Crippen molar-refractivity contribution in [3.8, 4) is 23.0 Å². The van der Waals surface area contributed by atoms with Crippen LogP contribution in [0.4, 0.5) is 10.1 Å². The zero-order valence-electron chi connectivity index (χ0n) is 20.4. The molecular weight excluding hydrogens is 481 g/mol. The minimum atomic E-state index is -1.11. The smallest absolute Gasteiger partial charge is 0.300 e. The zero-order chi connectivity index (χ0) is 26.3. The summed E-state index contributed by atoms with van der Waals surface area (Å²) in [5.41, 5.74) is 1.64. The first-order valence-electron chi connectivity index (χ1n) is 11.5. The molecule has 9 heteroatoms. The number of halogens is 1. The SMILES string of the molecule is COc1cc(C2/C(=C(\O)c3ccc4c(c3)CCO4)C(=O)C(=O)N2c2cccc(F)c2)cc(OC)c1OC. The normalized spacial score (nSPS) is 17.9. The van der Waals surface area contributed by atoms with E-state index in [2.05, 4.69) is 0 Å². The Bertz CT molecular complexity index is 1420. The Morgan fingerprint density at radius 3 is 2.38 bits per heavy atom. The number of carbonyl (C=O) groups excluding carboxylic acids is 2. The fourth-order valence-electron chi connectivity index (χ4n) is 4.79. The first-order chi connectivity index (χ1) is 17.9. The molecule has 1 fully saturated rings. The number of hydrogen-bond acceptors (Lipinski definition) is 7. The summed E-state index contributed by atoms with van der Waals surface area (Å²) in [6, 6.07) is 12.5. The second kappa shape index (κ2) is 9.50. The molecule has 3 aromatic rings. The van der Waals surface area contributed by atoms with Gasteiger partial charge in [0.1, 0.15) is 17.3 Å². The molecule has 0 saturated carbocycles. The Morgan fingerprint density at radius 1 is 1.00 bits per heavy atom. The summed E-state index contributed by atoms with van der Waals surface area (Å²) in [5, 5.41) is 11.4. The van der Waals surface area contributed by atoms with Crippen LogP contribution < -0.4 is 23.8 Å². The summed E-state index contributed by atoms with van der Waals surface area (Å²) in [6.07, 6.45) is 0.657. The van der Waals surface area contributed by atoms with Gasteiger partial charge in [-0.2, -0.15) is 0 Å². The molecule has 1 unspecified atom stereocenters. The number of carbonyl (C=O) groups is 2. The van der Waals surface area contributed by atoms with Crippen molar-refractivity contribution in [2.24, 2.45) is 0 Å². The quantitative estimate of drug-likeness (QED) is 0.301. The van der Waals surface area contributed by atoms with Gasteiger partial charge in [-0.1, -0.05) is 6.07 Å². The third-order valence-corrected chi connectivity index (χ3v) is 6.50. The summed E-state index contributed by atoms with van der Waals surface area (Å²) in [7, 11) is 4.34. The van der Waals surface area contributed by atoms with E-state index in [1.165, 1.54) is 39.5 Å². The van der Waals surface area contributed by atoms with Crippen LogP contribution in [0.15, 0.2) is 60.2 Å². The summed E-state index contributed by atoms with van der Waals surface area (Å²) in [6.45, 7) is 0.523. The predicted octanol–water partition coefficient (Wildman–Crippen LogP) is 4.41. The van der Waals surface area contributed by atoms with E-state index in [9.17, 15) is 19.1 Å². The molecular formula is C28H24FNO7. The predicted molar refractivity (Wildman–Crippen MR) is 133 cm³/mol. The molecule has 5 rings (SSSR count). The van der Waals surface area contributed by atoms with E-state index in [4.69, 9.17) is 18.9 Å². The van der Waals surface area contributed by atoms with Crippen molar-refractivity contribution in [3.05, 3.63) is 82.7 Å². The minimum Gasteiger partial charge on any atom is -0.507 e. The average Bonchev–Trinajstić information content (AvgIpc) is 3.49. The van der Waals surface area contributed by atoms with Crippen molar-refractivity contribution in [2.75, 3.05) is 32.8 Å². The highest BCUT2D eigenvalue weighted by atomic mass is 19.1. The lowest BCUT2D eigenvalue weighted by atomic mass is 9.94. The van der Waals surface area contributed by atoms with Gasteiger partial charge in [0.05, 0.1) is 39.6 Å². The number of hydrogen-bond donors (Lipinski definition) is 1. The Labute approximate surface area is 212 Å². The largest absolute Gasteiger partial charge is 0.507 e. The van der Waals surface area contributed by atoms with Crippen LogP contribution in [0.3, 0.4) is 0 Å². The van der Waals surface area contributed by atoms with E-state index in [1.807, 2.05) is 0 Å². The van der Waals surface area contributed by atoms with Crippen molar-refractivity contribution in [3.63, 3.8) is 0 Å². The van der Waals surface area contributed by atoms with E-state index < -0.39 is 23.5 Å². The summed E-state index contributed by atoms with van der Waals surface area (Å²) >= 11 is 0. The van der Waals surface area contributed by atoms with Gasteiger partial charge in [-0.15, -0.1) is 0 Å². The van der Waals surface area contributed by atoms with Gasteiger partial charge >= 0.3 is 0 Å². The van der Waals surface area contributed by atoms with Crippen molar-refractivity contribution >= 4 is 23.1 Å². The van der Waals surface area contributed by atoms with Gasteiger partial charge in [0.2, 0.25) is 5.75 Å². The number of methoxy groups -OCH3 is 3. The topological polar surface area (TPSA) is 94.5 Å². The van der Waals surface area contributed by atoms with Crippen LogP contribution in [0.1, 0.15) is 22.7 Å². The third-order valence-electron chi connectivity index (χ3n) is 6.50. The number of aliphatic hydroxyl groups is 1. The molecule has 0 radical (unpaired) electrons. The van der Waals surface area contributed by atoms with Crippen LogP contribution in [-0.4, -0.2) is 44.7 Å². The van der Waals surface area contributed by atoms with Crippen molar-refractivity contribution in [1.82, 2.24) is 0 Å². The molecule has 3 aromatic carbocycles. The number of rotatable bonds is 6. The molecule has 1 saturated heterocycles. The van der Waals surface area contributed by atoms with Crippen LogP contribution >= 0.6 is 0 Å². The highest BCUT2D eigenvalue weighted by Crippen LogP contribution is 2.47. The van der Waals surface area contributed by atoms with E-state index in [0.717, 1.165) is 16.5 Å². The van der Waals surface area contributed by atoms with Crippen molar-refractivity contribution < 1.29 is 38.0 Å². The first-order valence-corrected chi connectivity index (χ1v) is 11.5.